The summed E-state index contributed by atoms with van der Waals surface area (Å²) < 4.78 is 27.1. The fourth-order valence-corrected chi connectivity index (χ4v) is 4.67. The molecule has 0 aliphatic carbocycles. The highest BCUT2D eigenvalue weighted by Crippen LogP contribution is 2.21. The van der Waals surface area contributed by atoms with Crippen LogP contribution >= 0.6 is 11.3 Å². The quantitative estimate of drug-likeness (QED) is 0.607. The van der Waals surface area contributed by atoms with Gasteiger partial charge in [0.1, 0.15) is 0 Å². The highest BCUT2D eigenvalue weighted by atomic mass is 32.2. The molecule has 0 aliphatic rings. The molecule has 1 heterocycles. The maximum atomic E-state index is 12.3. The Morgan fingerprint density at radius 3 is 2.57 bits per heavy atom. The molecule has 0 saturated heterocycles. The molecule has 3 aromatic rings. The highest BCUT2D eigenvalue weighted by Gasteiger charge is 2.16. The third kappa shape index (κ3) is 5.17. The third-order valence-corrected chi connectivity index (χ3v) is 6.38. The molecule has 0 fully saturated rings. The molecule has 2 N–H and O–H groups in total. The SMILES string of the molecule is Cc1ccc(NC(=O)CCc2csc(NS(=O)(=O)c3ccccc3)n2)c(C)c1. The van der Waals surface area contributed by atoms with Gasteiger partial charge in [-0.05, 0) is 44.0 Å². The number of carbonyl (C=O) groups is 1. The molecular formula is C20H21N3O3S2. The van der Waals surface area contributed by atoms with E-state index in [-0.39, 0.29) is 22.4 Å². The summed E-state index contributed by atoms with van der Waals surface area (Å²) in [5.74, 6) is -0.105. The van der Waals surface area contributed by atoms with E-state index in [0.29, 0.717) is 12.1 Å². The number of rotatable bonds is 7. The first-order valence-corrected chi connectivity index (χ1v) is 11.1. The second-order valence-corrected chi connectivity index (χ2v) is 8.97. The van der Waals surface area contributed by atoms with Crippen molar-refractivity contribution in [3.8, 4) is 0 Å². The Labute approximate surface area is 168 Å². The summed E-state index contributed by atoms with van der Waals surface area (Å²) in [4.78, 5) is 16.7. The molecule has 8 heteroatoms. The van der Waals surface area contributed by atoms with E-state index in [0.717, 1.165) is 16.8 Å². The molecule has 6 nitrogen and oxygen atoms in total. The molecule has 0 aliphatic heterocycles. The minimum absolute atomic E-state index is 0.105. The summed E-state index contributed by atoms with van der Waals surface area (Å²) in [6, 6.07) is 14.0. The molecule has 0 atom stereocenters. The van der Waals surface area contributed by atoms with Crippen LogP contribution in [0.1, 0.15) is 23.2 Å². The molecule has 0 unspecified atom stereocenters. The maximum Gasteiger partial charge on any atom is 0.263 e. The zero-order valence-corrected chi connectivity index (χ0v) is 17.2. The van der Waals surface area contributed by atoms with Crippen LogP contribution in [-0.4, -0.2) is 19.3 Å². The van der Waals surface area contributed by atoms with Crippen molar-refractivity contribution in [1.29, 1.82) is 0 Å². The average molecular weight is 416 g/mol. The molecule has 28 heavy (non-hydrogen) atoms. The Hall–Kier alpha value is -2.71. The maximum absolute atomic E-state index is 12.3. The van der Waals surface area contributed by atoms with Gasteiger partial charge in [-0.2, -0.15) is 0 Å². The lowest BCUT2D eigenvalue weighted by Crippen LogP contribution is -2.14. The summed E-state index contributed by atoms with van der Waals surface area (Å²) in [6.45, 7) is 3.96. The molecular weight excluding hydrogens is 394 g/mol. The molecule has 2 aromatic carbocycles. The van der Waals surface area contributed by atoms with Crippen LogP contribution in [0.3, 0.4) is 0 Å². The van der Waals surface area contributed by atoms with E-state index >= 15 is 0 Å². The molecule has 0 saturated carbocycles. The second-order valence-electron chi connectivity index (χ2n) is 6.43. The predicted molar refractivity (Wildman–Crippen MR) is 112 cm³/mol. The Balaban J connectivity index is 1.57. The summed E-state index contributed by atoms with van der Waals surface area (Å²) >= 11 is 1.20. The van der Waals surface area contributed by atoms with Gasteiger partial charge >= 0.3 is 0 Å². The lowest BCUT2D eigenvalue weighted by atomic mass is 10.1. The number of nitrogens with zero attached hydrogens (tertiary/aromatic N) is 1. The van der Waals surface area contributed by atoms with Gasteiger partial charge in [0.05, 0.1) is 10.6 Å². The fraction of sp³-hybridized carbons (Fsp3) is 0.200. The van der Waals surface area contributed by atoms with Gasteiger partial charge in [0.25, 0.3) is 10.0 Å². The van der Waals surface area contributed by atoms with Gasteiger partial charge in [0.15, 0.2) is 5.13 Å². The average Bonchev–Trinajstić information content (AvgIpc) is 3.10. The zero-order valence-electron chi connectivity index (χ0n) is 15.6. The van der Waals surface area contributed by atoms with Gasteiger partial charge in [-0.3, -0.25) is 9.52 Å². The highest BCUT2D eigenvalue weighted by molar-refractivity contribution is 7.93. The van der Waals surface area contributed by atoms with Crippen LogP contribution in [-0.2, 0) is 21.2 Å². The minimum atomic E-state index is -3.66. The van der Waals surface area contributed by atoms with Crippen molar-refractivity contribution in [2.24, 2.45) is 0 Å². The monoisotopic (exact) mass is 415 g/mol. The molecule has 0 spiro atoms. The van der Waals surface area contributed by atoms with Crippen molar-refractivity contribution in [2.45, 2.75) is 31.6 Å². The number of sulfonamides is 1. The summed E-state index contributed by atoms with van der Waals surface area (Å²) in [6.07, 6.45) is 0.697. The minimum Gasteiger partial charge on any atom is -0.326 e. The van der Waals surface area contributed by atoms with E-state index in [1.54, 1.807) is 23.6 Å². The van der Waals surface area contributed by atoms with E-state index in [4.69, 9.17) is 0 Å². The van der Waals surface area contributed by atoms with Crippen LogP contribution in [0.5, 0.6) is 0 Å². The number of nitrogens with one attached hydrogen (secondary N) is 2. The molecule has 146 valence electrons. The number of hydrogen-bond donors (Lipinski definition) is 2. The van der Waals surface area contributed by atoms with Crippen LogP contribution in [0, 0.1) is 13.8 Å². The van der Waals surface area contributed by atoms with Crippen LogP contribution in [0.2, 0.25) is 0 Å². The normalized spacial score (nSPS) is 11.2. The summed E-state index contributed by atoms with van der Waals surface area (Å²) in [5.41, 5.74) is 3.62. The zero-order chi connectivity index (χ0) is 20.1. The van der Waals surface area contributed by atoms with Crippen LogP contribution < -0.4 is 10.0 Å². The number of hydrogen-bond acceptors (Lipinski definition) is 5. The van der Waals surface area contributed by atoms with Crippen molar-refractivity contribution in [3.63, 3.8) is 0 Å². The van der Waals surface area contributed by atoms with Crippen LogP contribution in [0.25, 0.3) is 0 Å². The Morgan fingerprint density at radius 2 is 1.86 bits per heavy atom. The lowest BCUT2D eigenvalue weighted by Gasteiger charge is -2.08. The summed E-state index contributed by atoms with van der Waals surface area (Å²) in [7, 11) is -3.66. The Morgan fingerprint density at radius 1 is 1.11 bits per heavy atom. The number of anilines is 2. The number of aromatic nitrogens is 1. The topological polar surface area (TPSA) is 88.2 Å². The van der Waals surface area contributed by atoms with E-state index in [1.165, 1.54) is 23.5 Å². The smallest absolute Gasteiger partial charge is 0.263 e. The van der Waals surface area contributed by atoms with E-state index in [1.807, 2.05) is 32.0 Å². The molecule has 1 amide bonds. The van der Waals surface area contributed by atoms with Gasteiger partial charge < -0.3 is 5.32 Å². The van der Waals surface area contributed by atoms with Crippen molar-refractivity contribution in [2.75, 3.05) is 10.0 Å². The number of carbonyl (C=O) groups excluding carboxylic acids is 1. The fourth-order valence-electron chi connectivity index (χ4n) is 2.65. The number of aryl methyl sites for hydroxylation is 3. The van der Waals surface area contributed by atoms with Gasteiger partial charge in [0.2, 0.25) is 5.91 Å². The number of thiazole rings is 1. The van der Waals surface area contributed by atoms with Crippen molar-refractivity contribution in [3.05, 3.63) is 70.7 Å². The third-order valence-electron chi connectivity index (χ3n) is 4.09. The second kappa shape index (κ2) is 8.53. The molecule has 3 rings (SSSR count). The predicted octanol–water partition coefficient (Wildman–Crippen LogP) is 4.13. The Kier molecular flexibility index (Phi) is 6.11. The van der Waals surface area contributed by atoms with E-state index in [2.05, 4.69) is 15.0 Å². The van der Waals surface area contributed by atoms with Crippen molar-refractivity contribution < 1.29 is 13.2 Å². The Bertz CT molecular complexity index is 1080. The van der Waals surface area contributed by atoms with Gasteiger partial charge in [-0.1, -0.05) is 35.9 Å². The van der Waals surface area contributed by atoms with Crippen LogP contribution in [0.15, 0.2) is 58.8 Å². The summed E-state index contributed by atoms with van der Waals surface area (Å²) in [5, 5.41) is 4.94. The molecule has 0 bridgehead atoms. The molecule has 1 aromatic heterocycles. The first kappa shape index (κ1) is 20.0. The first-order valence-electron chi connectivity index (χ1n) is 8.73. The van der Waals surface area contributed by atoms with Crippen molar-refractivity contribution >= 4 is 38.1 Å². The standard InChI is InChI=1S/C20H21N3O3S2/c1-14-8-10-18(15(2)12-14)22-19(24)11-9-16-13-27-20(21-16)23-28(25,26)17-6-4-3-5-7-17/h3-8,10,12-13H,9,11H2,1-2H3,(H,21,23)(H,22,24). The largest absolute Gasteiger partial charge is 0.326 e. The van der Waals surface area contributed by atoms with E-state index < -0.39 is 10.0 Å². The van der Waals surface area contributed by atoms with Crippen molar-refractivity contribution in [1.82, 2.24) is 4.98 Å². The van der Waals surface area contributed by atoms with Gasteiger partial charge in [-0.15, -0.1) is 11.3 Å². The van der Waals surface area contributed by atoms with Crippen LogP contribution in [0.4, 0.5) is 10.8 Å². The van der Waals surface area contributed by atoms with E-state index in [9.17, 15) is 13.2 Å². The molecule has 0 radical (unpaired) electrons. The lowest BCUT2D eigenvalue weighted by molar-refractivity contribution is -0.116. The first-order chi connectivity index (χ1) is 13.3. The van der Waals surface area contributed by atoms with Gasteiger partial charge in [-0.25, -0.2) is 13.4 Å². The van der Waals surface area contributed by atoms with Gasteiger partial charge in [0, 0.05) is 17.5 Å². The number of benzene rings is 2. The number of amides is 1.